The van der Waals surface area contributed by atoms with E-state index in [4.69, 9.17) is 4.74 Å². The fraction of sp³-hybridized carbons (Fsp3) is 0.667. The Labute approximate surface area is 120 Å². The molecule has 2 nitrogen and oxygen atoms in total. The predicted octanol–water partition coefficient (Wildman–Crippen LogP) is 4.23. The van der Waals surface area contributed by atoms with Gasteiger partial charge >= 0.3 is 0 Å². The molecule has 0 aliphatic heterocycles. The molecular formula is C15H17F4NO. The minimum atomic E-state index is -1.68. The average Bonchev–Trinajstić information content (AvgIpc) is 2.74. The summed E-state index contributed by atoms with van der Waals surface area (Å²) in [5.74, 6) is -7.12. The molecule has 116 valence electrons. The minimum absolute atomic E-state index is 0.0330. The van der Waals surface area contributed by atoms with Gasteiger partial charge in [0.15, 0.2) is 0 Å². The third kappa shape index (κ3) is 1.80. The van der Waals surface area contributed by atoms with Crippen LogP contribution in [0.4, 0.5) is 17.6 Å². The van der Waals surface area contributed by atoms with Crippen molar-refractivity contribution in [1.29, 1.82) is 0 Å². The zero-order valence-corrected chi connectivity index (χ0v) is 12.1. The number of ether oxygens (including phenoxy) is 1. The van der Waals surface area contributed by atoms with Gasteiger partial charge in [-0.25, -0.2) is 0 Å². The summed E-state index contributed by atoms with van der Waals surface area (Å²) in [6.07, 6.45) is 2.08. The Morgan fingerprint density at radius 3 is 2.05 bits per heavy atom. The van der Waals surface area contributed by atoms with Crippen LogP contribution in [0.1, 0.15) is 40.0 Å². The van der Waals surface area contributed by atoms with E-state index < -0.39 is 35.4 Å². The van der Waals surface area contributed by atoms with E-state index in [1.165, 1.54) is 0 Å². The summed E-state index contributed by atoms with van der Waals surface area (Å²) < 4.78 is 59.1. The summed E-state index contributed by atoms with van der Waals surface area (Å²) >= 11 is 0. The van der Waals surface area contributed by atoms with Crippen LogP contribution in [0.15, 0.2) is 0 Å². The van der Waals surface area contributed by atoms with Crippen LogP contribution in [0.3, 0.4) is 0 Å². The highest BCUT2D eigenvalue weighted by Gasteiger charge is 2.62. The second-order valence-electron chi connectivity index (χ2n) is 6.87. The highest BCUT2D eigenvalue weighted by molar-refractivity contribution is 5.26. The van der Waals surface area contributed by atoms with Gasteiger partial charge in [0, 0.05) is 5.41 Å². The maximum absolute atomic E-state index is 13.7. The fourth-order valence-electron chi connectivity index (χ4n) is 4.02. The third-order valence-electron chi connectivity index (χ3n) is 5.93. The van der Waals surface area contributed by atoms with Crippen molar-refractivity contribution in [1.82, 2.24) is 4.98 Å². The smallest absolute Gasteiger partial charge is 0.255 e. The van der Waals surface area contributed by atoms with E-state index in [0.717, 1.165) is 12.8 Å². The van der Waals surface area contributed by atoms with Crippen molar-refractivity contribution in [2.45, 2.75) is 46.1 Å². The molecule has 1 aromatic heterocycles. The molecule has 2 saturated carbocycles. The molecule has 21 heavy (non-hydrogen) atoms. The zero-order chi connectivity index (χ0) is 15.6. The van der Waals surface area contributed by atoms with Crippen molar-refractivity contribution < 1.29 is 22.3 Å². The van der Waals surface area contributed by atoms with Gasteiger partial charge < -0.3 is 4.74 Å². The molecule has 3 unspecified atom stereocenters. The normalized spacial score (nSPS) is 33.5. The van der Waals surface area contributed by atoms with E-state index >= 15 is 0 Å². The van der Waals surface area contributed by atoms with Crippen molar-refractivity contribution in [3.05, 3.63) is 23.5 Å². The summed E-state index contributed by atoms with van der Waals surface area (Å²) in [5.41, 5.74) is -0.304. The third-order valence-corrected chi connectivity index (χ3v) is 5.93. The Morgan fingerprint density at radius 2 is 1.62 bits per heavy atom. The Bertz CT molecular complexity index is 578. The molecule has 3 atom stereocenters. The van der Waals surface area contributed by atoms with Gasteiger partial charge in [0.25, 0.3) is 11.9 Å². The van der Waals surface area contributed by atoms with Crippen LogP contribution < -0.4 is 4.74 Å². The molecule has 2 fully saturated rings. The number of hydrogen-bond donors (Lipinski definition) is 0. The molecule has 0 spiro atoms. The molecule has 1 aromatic rings. The lowest BCUT2D eigenvalue weighted by Gasteiger charge is -2.38. The summed E-state index contributed by atoms with van der Waals surface area (Å²) in [5, 5.41) is 0. The van der Waals surface area contributed by atoms with Crippen LogP contribution in [-0.4, -0.2) is 11.1 Å². The van der Waals surface area contributed by atoms with Crippen LogP contribution in [-0.2, 0) is 0 Å². The van der Waals surface area contributed by atoms with Gasteiger partial charge in [-0.05, 0) is 30.6 Å². The number of nitrogens with zero attached hydrogens (tertiary/aromatic N) is 1. The molecule has 6 heteroatoms. The Kier molecular flexibility index (Phi) is 3.01. The van der Waals surface area contributed by atoms with Crippen LogP contribution in [0, 0.1) is 40.3 Å². The monoisotopic (exact) mass is 303 g/mol. The van der Waals surface area contributed by atoms with Crippen LogP contribution >= 0.6 is 0 Å². The molecule has 2 aliphatic carbocycles. The molecule has 2 bridgehead atoms. The van der Waals surface area contributed by atoms with E-state index in [9.17, 15) is 17.6 Å². The largest absolute Gasteiger partial charge is 0.484 e. The van der Waals surface area contributed by atoms with Gasteiger partial charge in [-0.2, -0.15) is 22.5 Å². The fourth-order valence-corrected chi connectivity index (χ4v) is 4.02. The van der Waals surface area contributed by atoms with Gasteiger partial charge in [-0.15, -0.1) is 0 Å². The summed E-state index contributed by atoms with van der Waals surface area (Å²) in [4.78, 5) is 2.54. The molecular weight excluding hydrogens is 286 g/mol. The van der Waals surface area contributed by atoms with Gasteiger partial charge in [0.2, 0.25) is 17.4 Å². The number of rotatable bonds is 2. The molecule has 0 saturated heterocycles. The summed E-state index contributed by atoms with van der Waals surface area (Å²) in [7, 11) is 0. The quantitative estimate of drug-likeness (QED) is 0.602. The SMILES string of the molecule is CC1(C)C2CCC1(C)C(Oc1c(F)c(F)nc(F)c1F)C2. The van der Waals surface area contributed by atoms with Crippen molar-refractivity contribution in [3.8, 4) is 5.75 Å². The number of hydrogen-bond acceptors (Lipinski definition) is 2. The van der Waals surface area contributed by atoms with E-state index in [1.807, 2.05) is 6.92 Å². The first kappa shape index (κ1) is 14.6. The average molecular weight is 303 g/mol. The van der Waals surface area contributed by atoms with Gasteiger partial charge in [0.05, 0.1) is 0 Å². The minimum Gasteiger partial charge on any atom is -0.484 e. The van der Waals surface area contributed by atoms with E-state index in [2.05, 4.69) is 18.8 Å². The molecule has 0 aromatic carbocycles. The Balaban J connectivity index is 1.97. The first-order valence-corrected chi connectivity index (χ1v) is 7.05. The zero-order valence-electron chi connectivity index (χ0n) is 12.1. The summed E-state index contributed by atoms with van der Waals surface area (Å²) in [6, 6.07) is 0. The second kappa shape index (κ2) is 4.34. The number of halogens is 4. The maximum atomic E-state index is 13.7. The molecule has 0 radical (unpaired) electrons. The lowest BCUT2D eigenvalue weighted by molar-refractivity contribution is 0.0238. The highest BCUT2D eigenvalue weighted by atomic mass is 19.2. The van der Waals surface area contributed by atoms with E-state index in [0.29, 0.717) is 12.3 Å². The van der Waals surface area contributed by atoms with Crippen LogP contribution in [0.5, 0.6) is 5.75 Å². The van der Waals surface area contributed by atoms with Crippen molar-refractivity contribution in [2.75, 3.05) is 0 Å². The molecule has 0 amide bonds. The lowest BCUT2D eigenvalue weighted by Crippen LogP contribution is -2.39. The second-order valence-corrected chi connectivity index (χ2v) is 6.87. The van der Waals surface area contributed by atoms with Gasteiger partial charge in [-0.3, -0.25) is 0 Å². The highest BCUT2D eigenvalue weighted by Crippen LogP contribution is 2.66. The molecule has 1 heterocycles. The first-order chi connectivity index (χ1) is 9.68. The van der Waals surface area contributed by atoms with E-state index in [-0.39, 0.29) is 10.8 Å². The maximum Gasteiger partial charge on any atom is 0.255 e. The van der Waals surface area contributed by atoms with Gasteiger partial charge in [0.1, 0.15) is 6.10 Å². The number of pyridine rings is 1. The van der Waals surface area contributed by atoms with Crippen LogP contribution in [0.25, 0.3) is 0 Å². The Hall–Kier alpha value is -1.33. The van der Waals surface area contributed by atoms with Crippen molar-refractivity contribution in [3.63, 3.8) is 0 Å². The molecule has 2 aliphatic rings. The molecule has 0 N–H and O–H groups in total. The van der Waals surface area contributed by atoms with E-state index in [1.54, 1.807) is 0 Å². The first-order valence-electron chi connectivity index (χ1n) is 7.05. The number of aromatic nitrogens is 1. The van der Waals surface area contributed by atoms with Gasteiger partial charge in [-0.1, -0.05) is 20.8 Å². The summed E-state index contributed by atoms with van der Waals surface area (Å²) in [6.45, 7) is 6.22. The topological polar surface area (TPSA) is 22.1 Å². The van der Waals surface area contributed by atoms with Crippen molar-refractivity contribution >= 4 is 0 Å². The van der Waals surface area contributed by atoms with Crippen molar-refractivity contribution in [2.24, 2.45) is 16.7 Å². The Morgan fingerprint density at radius 1 is 1.05 bits per heavy atom. The predicted molar refractivity (Wildman–Crippen MR) is 67.7 cm³/mol. The van der Waals surface area contributed by atoms with Crippen LogP contribution in [0.2, 0.25) is 0 Å². The number of fused-ring (bicyclic) bond motifs is 2. The molecule has 3 rings (SSSR count). The lowest BCUT2D eigenvalue weighted by atomic mass is 9.70. The standard InChI is InChI=1S/C15H17F4NO/c1-14(2)7-4-5-15(14,3)8(6-7)21-11-9(16)12(18)20-13(19)10(11)17/h7-8H,4-6H2,1-3H3.